The molecule has 1 aromatic carbocycles. The Morgan fingerprint density at radius 1 is 1.38 bits per heavy atom. The highest BCUT2D eigenvalue weighted by Crippen LogP contribution is 2.21. The minimum Gasteiger partial charge on any atom is -0.355 e. The van der Waals surface area contributed by atoms with Crippen molar-refractivity contribution in [1.82, 2.24) is 10.6 Å². The fourth-order valence-electron chi connectivity index (χ4n) is 2.30. The first-order valence-electron chi connectivity index (χ1n) is 7.45. The number of aryl methyl sites for hydroxylation is 1. The molecule has 114 valence electrons. The minimum absolute atomic E-state index is 0.0711. The molecule has 0 saturated carbocycles. The first-order valence-corrected chi connectivity index (χ1v) is 7.45. The molecule has 0 fully saturated rings. The summed E-state index contributed by atoms with van der Waals surface area (Å²) >= 11 is 0. The smallest absolute Gasteiger partial charge is 0.241 e. The molecule has 1 aromatic rings. The Bertz CT molecular complexity index is 514. The topological polar surface area (TPSA) is 70.2 Å². The molecule has 0 bridgehead atoms. The average Bonchev–Trinajstić information content (AvgIpc) is 2.61. The maximum atomic E-state index is 12.2. The molecular formula is C16H23N3O2. The number of benzene rings is 1. The summed E-state index contributed by atoms with van der Waals surface area (Å²) in [6.45, 7) is 4.91. The van der Waals surface area contributed by atoms with Gasteiger partial charge in [0.15, 0.2) is 0 Å². The summed E-state index contributed by atoms with van der Waals surface area (Å²) in [6, 6.07) is 7.48. The molecule has 1 heterocycles. The number of hydrogen-bond acceptors (Lipinski definition) is 3. The molecule has 0 saturated heterocycles. The lowest BCUT2D eigenvalue weighted by Crippen LogP contribution is -2.45. The van der Waals surface area contributed by atoms with E-state index in [1.165, 1.54) is 0 Å². The summed E-state index contributed by atoms with van der Waals surface area (Å²) in [6.07, 6.45) is 1.51. The van der Waals surface area contributed by atoms with E-state index in [1.807, 2.05) is 38.1 Å². The van der Waals surface area contributed by atoms with E-state index < -0.39 is 0 Å². The van der Waals surface area contributed by atoms with E-state index in [4.69, 9.17) is 0 Å². The summed E-state index contributed by atoms with van der Waals surface area (Å²) in [4.78, 5) is 23.8. The standard InChI is InChI=1S/C16H23N3O2/c1-11(2)9-18-15(20)10-17-14-8-7-12-5-3-4-6-13(12)19-16(14)21/h3-6,11,14,17H,7-10H2,1-2H3,(H,18,20)(H,19,21). The normalized spacial score (nSPS) is 17.9. The minimum atomic E-state index is -0.331. The zero-order valence-corrected chi connectivity index (χ0v) is 12.6. The number of para-hydroxylation sites is 1. The number of nitrogens with one attached hydrogen (secondary N) is 3. The SMILES string of the molecule is CC(C)CNC(=O)CNC1CCc2ccccc2NC1=O. The fraction of sp³-hybridized carbons (Fsp3) is 0.500. The van der Waals surface area contributed by atoms with Gasteiger partial charge in [0, 0.05) is 12.2 Å². The Kier molecular flexibility index (Phi) is 5.33. The van der Waals surface area contributed by atoms with Crippen molar-refractivity contribution in [3.8, 4) is 0 Å². The van der Waals surface area contributed by atoms with Gasteiger partial charge in [-0.25, -0.2) is 0 Å². The highest BCUT2D eigenvalue weighted by molar-refractivity contribution is 5.96. The van der Waals surface area contributed by atoms with E-state index in [9.17, 15) is 9.59 Å². The molecule has 2 rings (SSSR count). The third-order valence-electron chi connectivity index (χ3n) is 3.51. The maximum absolute atomic E-state index is 12.2. The van der Waals surface area contributed by atoms with Crippen LogP contribution in [0.3, 0.4) is 0 Å². The van der Waals surface area contributed by atoms with Gasteiger partial charge >= 0.3 is 0 Å². The molecule has 0 spiro atoms. The van der Waals surface area contributed by atoms with Gasteiger partial charge in [-0.1, -0.05) is 32.0 Å². The number of amides is 2. The highest BCUT2D eigenvalue weighted by Gasteiger charge is 2.23. The lowest BCUT2D eigenvalue weighted by molar-refractivity contribution is -0.121. The van der Waals surface area contributed by atoms with Crippen LogP contribution in [0.15, 0.2) is 24.3 Å². The van der Waals surface area contributed by atoms with Gasteiger partial charge in [0.25, 0.3) is 0 Å². The van der Waals surface area contributed by atoms with Crippen LogP contribution in [-0.4, -0.2) is 30.9 Å². The van der Waals surface area contributed by atoms with Gasteiger partial charge in [-0.15, -0.1) is 0 Å². The Morgan fingerprint density at radius 3 is 2.90 bits per heavy atom. The fourth-order valence-corrected chi connectivity index (χ4v) is 2.30. The maximum Gasteiger partial charge on any atom is 0.241 e. The molecule has 0 radical (unpaired) electrons. The summed E-state index contributed by atoms with van der Waals surface area (Å²) in [5, 5.41) is 8.80. The Balaban J connectivity index is 1.85. The second-order valence-electron chi connectivity index (χ2n) is 5.82. The number of carbonyl (C=O) groups excluding carboxylic acids is 2. The molecule has 2 amide bonds. The zero-order chi connectivity index (χ0) is 15.2. The first kappa shape index (κ1) is 15.5. The molecule has 1 unspecified atom stereocenters. The van der Waals surface area contributed by atoms with Crippen molar-refractivity contribution in [2.45, 2.75) is 32.7 Å². The quantitative estimate of drug-likeness (QED) is 0.765. The van der Waals surface area contributed by atoms with Gasteiger partial charge in [-0.2, -0.15) is 0 Å². The van der Waals surface area contributed by atoms with Crippen molar-refractivity contribution < 1.29 is 9.59 Å². The summed E-state index contributed by atoms with van der Waals surface area (Å²) in [5.41, 5.74) is 2.01. The molecular weight excluding hydrogens is 266 g/mol. The summed E-state index contributed by atoms with van der Waals surface area (Å²) in [5.74, 6) is 0.277. The lowest BCUT2D eigenvalue weighted by Gasteiger charge is -2.15. The molecule has 0 aliphatic carbocycles. The Morgan fingerprint density at radius 2 is 2.14 bits per heavy atom. The van der Waals surface area contributed by atoms with Crippen LogP contribution in [0, 0.1) is 5.92 Å². The van der Waals surface area contributed by atoms with Gasteiger partial charge < -0.3 is 10.6 Å². The molecule has 3 N–H and O–H groups in total. The van der Waals surface area contributed by atoms with Gasteiger partial charge in [0.1, 0.15) is 0 Å². The molecule has 1 aliphatic rings. The Labute approximate surface area is 125 Å². The van der Waals surface area contributed by atoms with E-state index in [0.29, 0.717) is 18.9 Å². The van der Waals surface area contributed by atoms with Gasteiger partial charge in [0.2, 0.25) is 11.8 Å². The molecule has 1 aliphatic heterocycles. The van der Waals surface area contributed by atoms with Gasteiger partial charge in [0.05, 0.1) is 12.6 Å². The monoisotopic (exact) mass is 289 g/mol. The van der Waals surface area contributed by atoms with Crippen LogP contribution in [0.2, 0.25) is 0 Å². The van der Waals surface area contributed by atoms with Crippen molar-refractivity contribution in [3.05, 3.63) is 29.8 Å². The molecule has 21 heavy (non-hydrogen) atoms. The molecule has 5 nitrogen and oxygen atoms in total. The molecule has 1 atom stereocenters. The number of carbonyl (C=O) groups is 2. The van der Waals surface area contributed by atoms with Crippen molar-refractivity contribution in [2.75, 3.05) is 18.4 Å². The van der Waals surface area contributed by atoms with Crippen molar-refractivity contribution in [1.29, 1.82) is 0 Å². The molecule has 5 heteroatoms. The van der Waals surface area contributed by atoms with Gasteiger partial charge in [-0.05, 0) is 30.4 Å². The predicted molar refractivity (Wildman–Crippen MR) is 83.0 cm³/mol. The van der Waals surface area contributed by atoms with E-state index in [-0.39, 0.29) is 24.4 Å². The van der Waals surface area contributed by atoms with Crippen LogP contribution in [0.4, 0.5) is 5.69 Å². The third-order valence-corrected chi connectivity index (χ3v) is 3.51. The van der Waals surface area contributed by atoms with Crippen LogP contribution in [-0.2, 0) is 16.0 Å². The highest BCUT2D eigenvalue weighted by atomic mass is 16.2. The number of rotatable bonds is 5. The number of hydrogen-bond donors (Lipinski definition) is 3. The van der Waals surface area contributed by atoms with Crippen LogP contribution in [0.5, 0.6) is 0 Å². The second kappa shape index (κ2) is 7.22. The first-order chi connectivity index (χ1) is 10.1. The average molecular weight is 289 g/mol. The number of anilines is 1. The van der Waals surface area contributed by atoms with Crippen LogP contribution < -0.4 is 16.0 Å². The van der Waals surface area contributed by atoms with Crippen molar-refractivity contribution >= 4 is 17.5 Å². The predicted octanol–water partition coefficient (Wildman–Crippen LogP) is 1.30. The third kappa shape index (κ3) is 4.56. The largest absolute Gasteiger partial charge is 0.355 e. The van der Waals surface area contributed by atoms with E-state index in [2.05, 4.69) is 16.0 Å². The zero-order valence-electron chi connectivity index (χ0n) is 12.6. The van der Waals surface area contributed by atoms with Gasteiger partial charge in [-0.3, -0.25) is 14.9 Å². The number of fused-ring (bicyclic) bond motifs is 1. The second-order valence-corrected chi connectivity index (χ2v) is 5.82. The Hall–Kier alpha value is -1.88. The summed E-state index contributed by atoms with van der Waals surface area (Å²) < 4.78 is 0. The van der Waals surface area contributed by atoms with E-state index in [1.54, 1.807) is 0 Å². The van der Waals surface area contributed by atoms with Crippen molar-refractivity contribution in [3.63, 3.8) is 0 Å². The van der Waals surface area contributed by atoms with Crippen LogP contribution in [0.25, 0.3) is 0 Å². The van der Waals surface area contributed by atoms with E-state index >= 15 is 0 Å². The van der Waals surface area contributed by atoms with Crippen molar-refractivity contribution in [2.24, 2.45) is 5.92 Å². The lowest BCUT2D eigenvalue weighted by atomic mass is 10.1. The van der Waals surface area contributed by atoms with Crippen LogP contribution >= 0.6 is 0 Å². The van der Waals surface area contributed by atoms with E-state index in [0.717, 1.165) is 17.7 Å². The summed E-state index contributed by atoms with van der Waals surface area (Å²) in [7, 11) is 0. The molecule has 0 aromatic heterocycles. The van der Waals surface area contributed by atoms with Crippen LogP contribution in [0.1, 0.15) is 25.8 Å².